The molecule has 0 saturated heterocycles. The molecule has 24 heavy (non-hydrogen) atoms. The van der Waals surface area contributed by atoms with Crippen LogP contribution in [0, 0.1) is 0 Å². The summed E-state index contributed by atoms with van der Waals surface area (Å²) in [7, 11) is 1.64. The number of benzene rings is 3. The van der Waals surface area contributed by atoms with Crippen molar-refractivity contribution in [3.8, 4) is 5.75 Å². The van der Waals surface area contributed by atoms with E-state index in [1.165, 1.54) is 0 Å². The van der Waals surface area contributed by atoms with Crippen molar-refractivity contribution in [3.05, 3.63) is 101 Å². The fourth-order valence-corrected chi connectivity index (χ4v) is 3.41. The number of aliphatic hydroxyl groups is 1. The first-order valence-electron chi connectivity index (χ1n) is 7.97. The van der Waals surface area contributed by atoms with E-state index < -0.39 is 5.60 Å². The molecule has 3 aromatic carbocycles. The first kappa shape index (κ1) is 14.7. The second kappa shape index (κ2) is 5.66. The molecule has 0 amide bonds. The molecule has 0 aliphatic heterocycles. The quantitative estimate of drug-likeness (QED) is 0.756. The molecule has 2 heteroatoms. The van der Waals surface area contributed by atoms with Crippen LogP contribution in [-0.2, 0) is 5.60 Å². The zero-order chi connectivity index (χ0) is 16.6. The van der Waals surface area contributed by atoms with Crippen molar-refractivity contribution in [3.63, 3.8) is 0 Å². The van der Waals surface area contributed by atoms with Crippen LogP contribution in [0.4, 0.5) is 0 Å². The van der Waals surface area contributed by atoms with E-state index in [2.05, 4.69) is 12.2 Å². The Morgan fingerprint density at radius 3 is 1.71 bits per heavy atom. The number of hydrogen-bond donors (Lipinski definition) is 1. The smallest absolute Gasteiger partial charge is 0.141 e. The average Bonchev–Trinajstić information content (AvgIpc) is 2.78. The highest BCUT2D eigenvalue weighted by Gasteiger charge is 2.37. The number of fused-ring (bicyclic) bond motifs is 2. The van der Waals surface area contributed by atoms with Gasteiger partial charge in [-0.2, -0.15) is 0 Å². The summed E-state index contributed by atoms with van der Waals surface area (Å²) < 4.78 is 5.26. The molecule has 118 valence electrons. The lowest BCUT2D eigenvalue weighted by Crippen LogP contribution is -2.30. The van der Waals surface area contributed by atoms with Gasteiger partial charge >= 0.3 is 0 Å². The highest BCUT2D eigenvalue weighted by molar-refractivity contribution is 5.78. The maximum absolute atomic E-state index is 11.9. The second-order valence-corrected chi connectivity index (χ2v) is 5.95. The zero-order valence-electron chi connectivity index (χ0n) is 13.4. The van der Waals surface area contributed by atoms with E-state index in [0.29, 0.717) is 0 Å². The van der Waals surface area contributed by atoms with E-state index >= 15 is 0 Å². The van der Waals surface area contributed by atoms with Gasteiger partial charge in [-0.1, -0.05) is 72.8 Å². The van der Waals surface area contributed by atoms with Gasteiger partial charge in [0.05, 0.1) is 7.11 Å². The Kier molecular flexibility index (Phi) is 3.47. The first-order valence-corrected chi connectivity index (χ1v) is 7.97. The lowest BCUT2D eigenvalue weighted by atomic mass is 9.78. The van der Waals surface area contributed by atoms with Crippen molar-refractivity contribution in [1.29, 1.82) is 0 Å². The van der Waals surface area contributed by atoms with Crippen molar-refractivity contribution in [1.82, 2.24) is 0 Å². The maximum Gasteiger partial charge on any atom is 0.141 e. The Hall–Kier alpha value is -2.84. The maximum atomic E-state index is 11.9. The molecule has 0 radical (unpaired) electrons. The van der Waals surface area contributed by atoms with Crippen molar-refractivity contribution < 1.29 is 9.84 Å². The normalized spacial score (nSPS) is 14.4. The molecular formula is C22H18O2. The van der Waals surface area contributed by atoms with Gasteiger partial charge in [0.25, 0.3) is 0 Å². The lowest BCUT2D eigenvalue weighted by Gasteiger charge is -2.31. The summed E-state index contributed by atoms with van der Waals surface area (Å²) in [5.41, 5.74) is 3.43. The fourth-order valence-electron chi connectivity index (χ4n) is 3.41. The minimum Gasteiger partial charge on any atom is -0.497 e. The van der Waals surface area contributed by atoms with Gasteiger partial charge in [-0.05, 0) is 39.9 Å². The van der Waals surface area contributed by atoms with Gasteiger partial charge in [-0.15, -0.1) is 0 Å². The summed E-state index contributed by atoms with van der Waals surface area (Å²) in [4.78, 5) is 0. The molecule has 1 N–H and O–H groups in total. The molecule has 3 aromatic rings. The molecule has 2 nitrogen and oxygen atoms in total. The van der Waals surface area contributed by atoms with E-state index in [0.717, 1.165) is 33.6 Å². The summed E-state index contributed by atoms with van der Waals surface area (Å²) in [6, 6.07) is 23.6. The summed E-state index contributed by atoms with van der Waals surface area (Å²) >= 11 is 0. The summed E-state index contributed by atoms with van der Waals surface area (Å²) in [5.74, 6) is 0.774. The average molecular weight is 314 g/mol. The van der Waals surface area contributed by atoms with Crippen molar-refractivity contribution in [2.75, 3.05) is 7.11 Å². The zero-order valence-corrected chi connectivity index (χ0v) is 13.4. The van der Waals surface area contributed by atoms with Gasteiger partial charge in [-0.3, -0.25) is 0 Å². The molecule has 1 aliphatic carbocycles. The molecule has 0 aromatic heterocycles. The molecule has 0 unspecified atom stereocenters. The summed E-state index contributed by atoms with van der Waals surface area (Å²) in [6.07, 6.45) is 4.13. The van der Waals surface area contributed by atoms with Crippen molar-refractivity contribution >= 4 is 12.2 Å². The SMILES string of the molecule is COc1ccc(C2(O)c3ccccc3C=Cc3ccccc32)cc1. The molecular weight excluding hydrogens is 296 g/mol. The van der Waals surface area contributed by atoms with E-state index in [1.54, 1.807) is 7.11 Å². The van der Waals surface area contributed by atoms with Gasteiger partial charge < -0.3 is 9.84 Å². The van der Waals surface area contributed by atoms with Crippen molar-refractivity contribution in [2.24, 2.45) is 0 Å². The van der Waals surface area contributed by atoms with Crippen LogP contribution in [0.1, 0.15) is 27.8 Å². The summed E-state index contributed by atoms with van der Waals surface area (Å²) in [6.45, 7) is 0. The molecule has 0 heterocycles. The molecule has 0 bridgehead atoms. The third kappa shape index (κ3) is 2.15. The van der Waals surface area contributed by atoms with Crippen LogP contribution in [0.5, 0.6) is 5.75 Å². The Morgan fingerprint density at radius 2 is 1.21 bits per heavy atom. The van der Waals surface area contributed by atoms with Crippen LogP contribution in [-0.4, -0.2) is 12.2 Å². The molecule has 0 atom stereocenters. The van der Waals surface area contributed by atoms with E-state index in [-0.39, 0.29) is 0 Å². The number of ether oxygens (including phenoxy) is 1. The molecule has 0 fully saturated rings. The van der Waals surface area contributed by atoms with Gasteiger partial charge in [0, 0.05) is 0 Å². The fraction of sp³-hybridized carbons (Fsp3) is 0.0909. The Balaban J connectivity index is 2.03. The minimum absolute atomic E-state index is 0.774. The van der Waals surface area contributed by atoms with Gasteiger partial charge in [-0.25, -0.2) is 0 Å². The number of methoxy groups -OCH3 is 1. The van der Waals surface area contributed by atoms with Crippen LogP contribution in [0.15, 0.2) is 72.8 Å². The Labute approximate surface area is 141 Å². The molecule has 0 spiro atoms. The predicted molar refractivity (Wildman–Crippen MR) is 96.9 cm³/mol. The molecule has 4 rings (SSSR count). The van der Waals surface area contributed by atoms with E-state index in [1.807, 2.05) is 72.8 Å². The third-order valence-electron chi connectivity index (χ3n) is 4.65. The Morgan fingerprint density at radius 1 is 0.708 bits per heavy atom. The molecule has 1 aliphatic rings. The highest BCUT2D eigenvalue weighted by Crippen LogP contribution is 2.42. The largest absolute Gasteiger partial charge is 0.497 e. The summed E-state index contributed by atoms with van der Waals surface area (Å²) in [5, 5.41) is 11.9. The minimum atomic E-state index is -1.21. The van der Waals surface area contributed by atoms with Crippen LogP contribution in [0.2, 0.25) is 0 Å². The first-order chi connectivity index (χ1) is 11.7. The second-order valence-electron chi connectivity index (χ2n) is 5.95. The van der Waals surface area contributed by atoms with Gasteiger partial charge in [0.2, 0.25) is 0 Å². The topological polar surface area (TPSA) is 29.5 Å². The Bertz CT molecular complexity index is 858. The highest BCUT2D eigenvalue weighted by atomic mass is 16.5. The van der Waals surface area contributed by atoms with Gasteiger partial charge in [0.15, 0.2) is 0 Å². The van der Waals surface area contributed by atoms with Crippen LogP contribution >= 0.6 is 0 Å². The third-order valence-corrected chi connectivity index (χ3v) is 4.65. The van der Waals surface area contributed by atoms with Gasteiger partial charge in [0.1, 0.15) is 11.4 Å². The predicted octanol–water partition coefficient (Wildman–Crippen LogP) is 4.46. The van der Waals surface area contributed by atoms with E-state index in [4.69, 9.17) is 4.74 Å². The van der Waals surface area contributed by atoms with E-state index in [9.17, 15) is 5.11 Å². The van der Waals surface area contributed by atoms with Crippen LogP contribution in [0.25, 0.3) is 12.2 Å². The molecule has 0 saturated carbocycles. The standard InChI is InChI=1S/C22H18O2/c1-24-19-14-12-18(13-15-19)22(23)20-8-4-2-6-16(20)10-11-17-7-3-5-9-21(17)22/h2-15,23H,1H3. The number of rotatable bonds is 2. The van der Waals surface area contributed by atoms with Crippen molar-refractivity contribution in [2.45, 2.75) is 5.60 Å². The van der Waals surface area contributed by atoms with Crippen LogP contribution in [0.3, 0.4) is 0 Å². The van der Waals surface area contributed by atoms with Crippen LogP contribution < -0.4 is 4.74 Å². The number of hydrogen-bond acceptors (Lipinski definition) is 2. The monoisotopic (exact) mass is 314 g/mol. The lowest BCUT2D eigenvalue weighted by molar-refractivity contribution is 0.125.